The Bertz CT molecular complexity index is 1610. The van der Waals surface area contributed by atoms with Crippen LogP contribution in [0.25, 0.3) is 0 Å². The lowest BCUT2D eigenvalue weighted by atomic mass is 9.85. The number of fused-ring (bicyclic) bond motifs is 1. The fourth-order valence-corrected chi connectivity index (χ4v) is 7.24. The van der Waals surface area contributed by atoms with Gasteiger partial charge in [-0.05, 0) is 55.1 Å². The Balaban J connectivity index is 1.18. The second-order valence-corrected chi connectivity index (χ2v) is 15.5. The SMILES string of the molecule is CNCCOCCOCCOCCNC(=O)[C@@H](O)[C@H](O)C(=O)NCCOCCOCCOCCNS(=O)(=O)c1cccc(C2CN(C)Cc3c(Cl)cc(Cl)cc32)c1. The Morgan fingerprint density at radius 3 is 1.77 bits per heavy atom. The molecule has 0 bridgehead atoms. The van der Waals surface area contributed by atoms with E-state index in [0.717, 1.165) is 23.2 Å². The summed E-state index contributed by atoms with van der Waals surface area (Å²) < 4.78 is 61.0. The molecule has 0 fully saturated rings. The molecule has 0 saturated carbocycles. The Hall–Kier alpha value is -2.53. The summed E-state index contributed by atoms with van der Waals surface area (Å²) in [5, 5.41) is 28.9. The van der Waals surface area contributed by atoms with Gasteiger partial charge in [0.05, 0.1) is 84.2 Å². The van der Waals surface area contributed by atoms with Gasteiger partial charge in [0.2, 0.25) is 10.0 Å². The molecule has 0 saturated heterocycles. The van der Waals surface area contributed by atoms with Gasteiger partial charge in [-0.15, -0.1) is 0 Å². The summed E-state index contributed by atoms with van der Waals surface area (Å²) in [7, 11) is 0.0399. The monoisotopic (exact) mass is 865 g/mol. The zero-order valence-corrected chi connectivity index (χ0v) is 34.8. The van der Waals surface area contributed by atoms with Crippen molar-refractivity contribution >= 4 is 45.0 Å². The van der Waals surface area contributed by atoms with E-state index in [1.807, 2.05) is 26.2 Å². The highest BCUT2D eigenvalue weighted by molar-refractivity contribution is 7.89. The topological polar surface area (TPSA) is 215 Å². The first-order valence-corrected chi connectivity index (χ1v) is 21.0. The number of benzene rings is 2. The molecule has 0 spiro atoms. The van der Waals surface area contributed by atoms with Gasteiger partial charge in [-0.25, -0.2) is 13.1 Å². The minimum Gasteiger partial charge on any atom is -0.380 e. The number of halogens is 2. The van der Waals surface area contributed by atoms with Crippen molar-refractivity contribution in [1.29, 1.82) is 0 Å². The molecule has 322 valence electrons. The highest BCUT2D eigenvalue weighted by Crippen LogP contribution is 2.38. The lowest BCUT2D eigenvalue weighted by Crippen LogP contribution is -2.50. The number of aliphatic hydroxyl groups excluding tert-OH is 2. The lowest BCUT2D eigenvalue weighted by molar-refractivity contribution is -0.146. The van der Waals surface area contributed by atoms with E-state index in [2.05, 4.69) is 25.6 Å². The van der Waals surface area contributed by atoms with E-state index in [4.69, 9.17) is 51.6 Å². The summed E-state index contributed by atoms with van der Waals surface area (Å²) >= 11 is 12.8. The zero-order valence-electron chi connectivity index (χ0n) is 32.5. The normalized spacial score (nSPS) is 15.6. The standard InChI is InChI=1S/C37H57Cl2N5O12S/c1-40-6-10-51-14-18-55-19-15-52-11-7-41-36(47)34(45)35(46)37(48)42-8-12-53-16-20-56-21-17-54-13-9-43-57(49,50)29-5-3-4-27(22-29)31-25-44(2)26-32-30(31)23-28(38)24-33(32)39/h3-5,22-24,31,34-35,40,43,45-46H,6-21,25-26H2,1-2H3,(H,41,47)(H,42,48)/t31?,34-,35-/m0/s1. The first kappa shape index (κ1) is 48.8. The van der Waals surface area contributed by atoms with Crippen LogP contribution in [0.1, 0.15) is 22.6 Å². The molecule has 0 aromatic heterocycles. The van der Waals surface area contributed by atoms with Crippen molar-refractivity contribution in [3.63, 3.8) is 0 Å². The largest absolute Gasteiger partial charge is 0.380 e. The number of amides is 2. The molecule has 2 aromatic rings. The molecule has 1 aliphatic heterocycles. The van der Waals surface area contributed by atoms with Crippen LogP contribution in [0.2, 0.25) is 10.0 Å². The van der Waals surface area contributed by atoms with Crippen LogP contribution < -0.4 is 20.7 Å². The van der Waals surface area contributed by atoms with Crippen molar-refractivity contribution in [3.8, 4) is 0 Å². The average molecular weight is 867 g/mol. The lowest BCUT2D eigenvalue weighted by Gasteiger charge is -2.33. The number of carbonyl (C=O) groups is 2. The Morgan fingerprint density at radius 1 is 0.754 bits per heavy atom. The molecule has 57 heavy (non-hydrogen) atoms. The van der Waals surface area contributed by atoms with E-state index in [0.29, 0.717) is 56.2 Å². The minimum absolute atomic E-state index is 0.0289. The van der Waals surface area contributed by atoms with E-state index in [1.165, 1.54) is 0 Å². The molecule has 2 aromatic carbocycles. The third kappa shape index (κ3) is 18.1. The van der Waals surface area contributed by atoms with Crippen molar-refractivity contribution in [2.75, 3.05) is 126 Å². The van der Waals surface area contributed by atoms with Crippen molar-refractivity contribution in [2.24, 2.45) is 0 Å². The van der Waals surface area contributed by atoms with Crippen molar-refractivity contribution < 1.29 is 56.6 Å². The summed E-state index contributed by atoms with van der Waals surface area (Å²) in [5.41, 5.74) is 2.82. The molecule has 17 nitrogen and oxygen atoms in total. The Morgan fingerprint density at radius 2 is 1.25 bits per heavy atom. The number of nitrogens with one attached hydrogen (secondary N) is 4. The molecule has 1 heterocycles. The van der Waals surface area contributed by atoms with Crippen LogP contribution in [0.15, 0.2) is 41.3 Å². The molecule has 0 radical (unpaired) electrons. The maximum atomic E-state index is 13.1. The Kier molecular flexibility index (Phi) is 23.4. The summed E-state index contributed by atoms with van der Waals surface area (Å²) in [6.45, 7) is 5.80. The smallest absolute Gasteiger partial charge is 0.252 e. The van der Waals surface area contributed by atoms with Crippen LogP contribution >= 0.6 is 23.2 Å². The van der Waals surface area contributed by atoms with Crippen LogP contribution in [0.3, 0.4) is 0 Å². The predicted molar refractivity (Wildman–Crippen MR) is 213 cm³/mol. The Labute approximate surface area is 345 Å². The van der Waals surface area contributed by atoms with Gasteiger partial charge in [0.25, 0.3) is 11.8 Å². The summed E-state index contributed by atoms with van der Waals surface area (Å²) in [6, 6.07) is 10.5. The van der Waals surface area contributed by atoms with Crippen LogP contribution in [0, 0.1) is 0 Å². The van der Waals surface area contributed by atoms with Crippen LogP contribution in [0.5, 0.6) is 0 Å². The molecule has 1 aliphatic rings. The quantitative estimate of drug-likeness (QED) is 0.0576. The van der Waals surface area contributed by atoms with E-state index in [1.54, 1.807) is 24.3 Å². The van der Waals surface area contributed by atoms with Gasteiger partial charge in [-0.3, -0.25) is 9.59 Å². The molecule has 0 aliphatic carbocycles. The number of sulfonamides is 1. The number of hydrogen-bond acceptors (Lipinski definition) is 14. The molecule has 6 N–H and O–H groups in total. The van der Waals surface area contributed by atoms with Crippen molar-refractivity contribution in [2.45, 2.75) is 29.6 Å². The number of hydrogen-bond donors (Lipinski definition) is 6. The molecular weight excluding hydrogens is 809 g/mol. The van der Waals surface area contributed by atoms with E-state index >= 15 is 0 Å². The van der Waals surface area contributed by atoms with Gasteiger partial charge in [-0.1, -0.05) is 35.3 Å². The highest BCUT2D eigenvalue weighted by atomic mass is 35.5. The van der Waals surface area contributed by atoms with E-state index in [9.17, 15) is 28.2 Å². The molecule has 3 atom stereocenters. The van der Waals surface area contributed by atoms with E-state index in [-0.39, 0.29) is 76.7 Å². The number of ether oxygens (including phenoxy) is 6. The van der Waals surface area contributed by atoms with Gasteiger partial charge in [-0.2, -0.15) is 0 Å². The molecule has 1 unspecified atom stereocenters. The number of nitrogens with zero attached hydrogens (tertiary/aromatic N) is 1. The number of rotatable bonds is 30. The molecule has 2 amide bonds. The second kappa shape index (κ2) is 27.3. The van der Waals surface area contributed by atoms with Gasteiger partial charge in [0.15, 0.2) is 12.2 Å². The number of carbonyl (C=O) groups excluding carboxylic acids is 2. The highest BCUT2D eigenvalue weighted by Gasteiger charge is 2.30. The van der Waals surface area contributed by atoms with Crippen LogP contribution in [0.4, 0.5) is 0 Å². The average Bonchev–Trinajstić information content (AvgIpc) is 3.19. The maximum absolute atomic E-state index is 13.1. The maximum Gasteiger partial charge on any atom is 0.252 e. The predicted octanol–water partition coefficient (Wildman–Crippen LogP) is 0.122. The van der Waals surface area contributed by atoms with Gasteiger partial charge >= 0.3 is 0 Å². The zero-order chi connectivity index (χ0) is 41.5. The molecule has 20 heteroatoms. The summed E-state index contributed by atoms with van der Waals surface area (Å²) in [6.07, 6.45) is -3.92. The summed E-state index contributed by atoms with van der Waals surface area (Å²) in [4.78, 5) is 26.5. The summed E-state index contributed by atoms with van der Waals surface area (Å²) in [5.74, 6) is -1.94. The van der Waals surface area contributed by atoms with E-state index < -0.39 is 34.0 Å². The van der Waals surface area contributed by atoms with Crippen LogP contribution in [-0.2, 0) is 54.6 Å². The minimum atomic E-state index is -3.80. The van der Waals surface area contributed by atoms with Gasteiger partial charge in [0, 0.05) is 55.2 Å². The first-order chi connectivity index (χ1) is 27.4. The second-order valence-electron chi connectivity index (χ2n) is 12.9. The number of likely N-dealkylation sites (N-methyl/N-ethyl adjacent to an activating group) is 2. The number of aliphatic hydroxyl groups is 2. The first-order valence-electron chi connectivity index (χ1n) is 18.7. The fourth-order valence-electron chi connectivity index (χ4n) is 5.61. The van der Waals surface area contributed by atoms with Crippen molar-refractivity contribution in [3.05, 3.63) is 63.1 Å². The third-order valence-corrected chi connectivity index (χ3v) is 10.5. The molecular formula is C37H57Cl2N5O12S. The fraction of sp³-hybridized carbons (Fsp3) is 0.622. The molecule has 3 rings (SSSR count). The van der Waals surface area contributed by atoms with Gasteiger partial charge in [0.1, 0.15) is 0 Å². The van der Waals surface area contributed by atoms with Crippen molar-refractivity contribution in [1.82, 2.24) is 25.6 Å². The van der Waals surface area contributed by atoms with Crippen LogP contribution in [-0.4, -0.2) is 174 Å². The third-order valence-electron chi connectivity index (χ3n) is 8.51. The van der Waals surface area contributed by atoms with Gasteiger partial charge < -0.3 is 59.5 Å².